The molecule has 0 aliphatic carbocycles. The van der Waals surface area contributed by atoms with Crippen LogP contribution in [0.2, 0.25) is 0 Å². The largest absolute Gasteiger partial charge is 0.452 e. The van der Waals surface area contributed by atoms with Gasteiger partial charge in [0.15, 0.2) is 0 Å². The second kappa shape index (κ2) is 5.39. The monoisotopic (exact) mass is 210 g/mol. The summed E-state index contributed by atoms with van der Waals surface area (Å²) in [7, 11) is 1.26. The van der Waals surface area contributed by atoms with Gasteiger partial charge in [-0.1, -0.05) is 11.2 Å². The Hall–Kier alpha value is -1.36. The van der Waals surface area contributed by atoms with E-state index in [-0.39, 0.29) is 0 Å². The molecule has 0 bridgehead atoms. The molecule has 1 amide bonds. The summed E-state index contributed by atoms with van der Waals surface area (Å²) in [5.74, 6) is 0. The van der Waals surface area contributed by atoms with Crippen LogP contribution in [0.15, 0.2) is 39.4 Å². The number of azo groups is 1. The van der Waals surface area contributed by atoms with Gasteiger partial charge in [0.05, 0.1) is 12.8 Å². The third-order valence-electron chi connectivity index (χ3n) is 1.48. The van der Waals surface area contributed by atoms with E-state index in [2.05, 4.69) is 15.0 Å². The van der Waals surface area contributed by atoms with Crippen molar-refractivity contribution in [1.82, 2.24) is 0 Å². The Morgan fingerprint density at radius 3 is 2.93 bits per heavy atom. The van der Waals surface area contributed by atoms with Crippen molar-refractivity contribution >= 4 is 23.5 Å². The zero-order chi connectivity index (χ0) is 10.4. The third kappa shape index (κ3) is 3.18. The smallest absolute Gasteiger partial charge is 0.450 e. The molecule has 0 atom stereocenters. The maximum Gasteiger partial charge on any atom is 0.452 e. The first-order chi connectivity index (χ1) is 6.76. The highest BCUT2D eigenvalue weighted by atomic mass is 32.2. The maximum absolute atomic E-state index is 10.7. The Morgan fingerprint density at radius 1 is 1.50 bits per heavy atom. The van der Waals surface area contributed by atoms with Gasteiger partial charge in [-0.3, -0.25) is 0 Å². The van der Waals surface area contributed by atoms with Crippen molar-refractivity contribution in [2.24, 2.45) is 10.2 Å². The van der Waals surface area contributed by atoms with E-state index in [9.17, 15) is 4.79 Å². The van der Waals surface area contributed by atoms with E-state index in [1.54, 1.807) is 17.8 Å². The second-order valence-corrected chi connectivity index (χ2v) is 3.25. The molecule has 0 fully saturated rings. The summed E-state index contributed by atoms with van der Waals surface area (Å²) in [5, 5.41) is 7.07. The number of thioether (sulfide) groups is 1. The SMILES string of the molecule is COC(=O)N=Nc1cccc(SC)c1. The van der Waals surface area contributed by atoms with Gasteiger partial charge in [-0.2, -0.15) is 0 Å². The number of carbonyl (C=O) groups is 1. The van der Waals surface area contributed by atoms with E-state index in [0.717, 1.165) is 4.90 Å². The Balaban J connectivity index is 2.76. The highest BCUT2D eigenvalue weighted by Gasteiger charge is 1.95. The fourth-order valence-corrected chi connectivity index (χ4v) is 1.27. The molecule has 0 N–H and O–H groups in total. The van der Waals surface area contributed by atoms with Crippen LogP contribution in [-0.4, -0.2) is 19.5 Å². The molecule has 14 heavy (non-hydrogen) atoms. The fraction of sp³-hybridized carbons (Fsp3) is 0.222. The van der Waals surface area contributed by atoms with Crippen LogP contribution < -0.4 is 0 Å². The first kappa shape index (κ1) is 10.7. The molecule has 0 aromatic heterocycles. The molecule has 0 heterocycles. The number of methoxy groups -OCH3 is 1. The summed E-state index contributed by atoms with van der Waals surface area (Å²) in [5.41, 5.74) is 0.641. The number of ether oxygens (including phenoxy) is 1. The van der Waals surface area contributed by atoms with E-state index in [1.807, 2.05) is 24.5 Å². The van der Waals surface area contributed by atoms with E-state index in [4.69, 9.17) is 0 Å². The van der Waals surface area contributed by atoms with Crippen molar-refractivity contribution in [2.75, 3.05) is 13.4 Å². The summed E-state index contributed by atoms with van der Waals surface area (Å²) in [6.07, 6.45) is 1.27. The van der Waals surface area contributed by atoms with Crippen molar-refractivity contribution in [3.05, 3.63) is 24.3 Å². The number of rotatable bonds is 2. The van der Waals surface area contributed by atoms with Crippen LogP contribution in [-0.2, 0) is 4.74 Å². The highest BCUT2D eigenvalue weighted by Crippen LogP contribution is 2.21. The van der Waals surface area contributed by atoms with Crippen LogP contribution in [0, 0.1) is 0 Å². The lowest BCUT2D eigenvalue weighted by Crippen LogP contribution is -1.89. The van der Waals surface area contributed by atoms with Crippen LogP contribution in [0.5, 0.6) is 0 Å². The van der Waals surface area contributed by atoms with Crippen LogP contribution in [0.1, 0.15) is 0 Å². The summed E-state index contributed by atoms with van der Waals surface area (Å²) < 4.78 is 4.32. The Morgan fingerprint density at radius 2 is 2.29 bits per heavy atom. The van der Waals surface area contributed by atoms with E-state index < -0.39 is 6.09 Å². The second-order valence-electron chi connectivity index (χ2n) is 2.37. The quantitative estimate of drug-likeness (QED) is 0.556. The van der Waals surface area contributed by atoms with Crippen molar-refractivity contribution in [1.29, 1.82) is 0 Å². The number of hydrogen-bond donors (Lipinski definition) is 0. The van der Waals surface area contributed by atoms with Gasteiger partial charge in [0.25, 0.3) is 0 Å². The van der Waals surface area contributed by atoms with E-state index in [0.29, 0.717) is 5.69 Å². The topological polar surface area (TPSA) is 51.0 Å². The molecule has 74 valence electrons. The van der Waals surface area contributed by atoms with Crippen molar-refractivity contribution < 1.29 is 9.53 Å². The summed E-state index contributed by atoms with van der Waals surface area (Å²) in [4.78, 5) is 11.7. The fourth-order valence-electron chi connectivity index (χ4n) is 0.812. The zero-order valence-electron chi connectivity index (χ0n) is 7.93. The standard InChI is InChI=1S/C9H10N2O2S/c1-13-9(12)11-10-7-4-3-5-8(6-7)14-2/h3-6H,1-2H3. The van der Waals surface area contributed by atoms with Crippen molar-refractivity contribution in [3.8, 4) is 0 Å². The average Bonchev–Trinajstić information content (AvgIpc) is 2.26. The van der Waals surface area contributed by atoms with Crippen molar-refractivity contribution in [2.45, 2.75) is 4.90 Å². The van der Waals surface area contributed by atoms with Gasteiger partial charge < -0.3 is 4.74 Å². The third-order valence-corrected chi connectivity index (χ3v) is 2.20. The summed E-state index contributed by atoms with van der Waals surface area (Å²) in [6, 6.07) is 7.43. The Kier molecular flexibility index (Phi) is 4.12. The number of carbonyl (C=O) groups excluding carboxylic acids is 1. The van der Waals surface area contributed by atoms with Gasteiger partial charge in [0.2, 0.25) is 0 Å². The molecule has 1 aromatic carbocycles. The van der Waals surface area contributed by atoms with Crippen LogP contribution in [0.25, 0.3) is 0 Å². The number of nitrogens with zero attached hydrogens (tertiary/aromatic N) is 2. The highest BCUT2D eigenvalue weighted by molar-refractivity contribution is 7.98. The molecule has 1 rings (SSSR count). The minimum atomic E-state index is -0.695. The molecule has 0 saturated heterocycles. The first-order valence-electron chi connectivity index (χ1n) is 3.90. The lowest BCUT2D eigenvalue weighted by atomic mass is 10.3. The van der Waals surface area contributed by atoms with Gasteiger partial charge in [-0.05, 0) is 24.5 Å². The van der Waals surface area contributed by atoms with Crippen LogP contribution in [0.4, 0.5) is 10.5 Å². The minimum Gasteiger partial charge on any atom is -0.450 e. The molecule has 0 radical (unpaired) electrons. The number of amides is 1. The van der Waals surface area contributed by atoms with Crippen LogP contribution in [0.3, 0.4) is 0 Å². The predicted octanol–water partition coefficient (Wildman–Crippen LogP) is 3.26. The van der Waals surface area contributed by atoms with E-state index >= 15 is 0 Å². The molecule has 1 aromatic rings. The normalized spacial score (nSPS) is 10.4. The minimum absolute atomic E-state index is 0.641. The molecule has 0 aliphatic rings. The lowest BCUT2D eigenvalue weighted by Gasteiger charge is -1.95. The Bertz CT molecular complexity index is 352. The van der Waals surface area contributed by atoms with E-state index in [1.165, 1.54) is 7.11 Å². The molecular weight excluding hydrogens is 200 g/mol. The lowest BCUT2D eigenvalue weighted by molar-refractivity contribution is 0.181. The molecule has 0 unspecified atom stereocenters. The molecule has 5 heteroatoms. The first-order valence-corrected chi connectivity index (χ1v) is 5.12. The molecule has 0 saturated carbocycles. The van der Waals surface area contributed by atoms with Gasteiger partial charge in [-0.25, -0.2) is 4.79 Å². The Labute approximate surface area is 86.4 Å². The number of benzene rings is 1. The summed E-state index contributed by atoms with van der Waals surface area (Å²) in [6.45, 7) is 0. The average molecular weight is 210 g/mol. The molecule has 0 spiro atoms. The zero-order valence-corrected chi connectivity index (χ0v) is 8.75. The van der Waals surface area contributed by atoms with Crippen molar-refractivity contribution in [3.63, 3.8) is 0 Å². The molecular formula is C9H10N2O2S. The van der Waals surface area contributed by atoms with Gasteiger partial charge in [0, 0.05) is 4.90 Å². The van der Waals surface area contributed by atoms with Gasteiger partial charge in [-0.15, -0.1) is 16.9 Å². The van der Waals surface area contributed by atoms with Gasteiger partial charge >= 0.3 is 6.09 Å². The summed E-state index contributed by atoms with van der Waals surface area (Å²) >= 11 is 1.61. The molecule has 0 aliphatic heterocycles. The number of hydrogen-bond acceptors (Lipinski definition) is 4. The van der Waals surface area contributed by atoms with Gasteiger partial charge in [0.1, 0.15) is 0 Å². The molecule has 4 nitrogen and oxygen atoms in total. The van der Waals surface area contributed by atoms with Crippen LogP contribution >= 0.6 is 11.8 Å². The predicted molar refractivity (Wildman–Crippen MR) is 55.1 cm³/mol. The maximum atomic E-state index is 10.7.